The number of hydrogen-bond acceptors (Lipinski definition) is 7. The average Bonchev–Trinajstić information content (AvgIpc) is 3.30. The molecular formula is C19H21N7S. The summed E-state index contributed by atoms with van der Waals surface area (Å²) in [6.07, 6.45) is 6.68. The average molecular weight is 379 g/mol. The second kappa shape index (κ2) is 6.88. The molecule has 27 heavy (non-hydrogen) atoms. The first-order chi connectivity index (χ1) is 13.3. The third-order valence-electron chi connectivity index (χ3n) is 5.13. The zero-order valence-corrected chi connectivity index (χ0v) is 15.6. The smallest absolute Gasteiger partial charge is 0.142 e. The van der Waals surface area contributed by atoms with E-state index in [0.717, 1.165) is 53.0 Å². The molecule has 1 unspecified atom stereocenters. The summed E-state index contributed by atoms with van der Waals surface area (Å²) in [5.74, 6) is 0.883. The van der Waals surface area contributed by atoms with Gasteiger partial charge in [0.15, 0.2) is 0 Å². The number of anilines is 2. The van der Waals surface area contributed by atoms with E-state index in [-0.39, 0.29) is 0 Å². The van der Waals surface area contributed by atoms with Crippen LogP contribution in [0.2, 0.25) is 0 Å². The molecule has 8 heteroatoms. The fraction of sp³-hybridized carbons (Fsp3) is 0.316. The van der Waals surface area contributed by atoms with Crippen LogP contribution in [0, 0.1) is 0 Å². The number of nitrogens with zero attached hydrogens (tertiary/aromatic N) is 3. The number of thiophene rings is 1. The molecule has 1 atom stereocenters. The van der Waals surface area contributed by atoms with Crippen LogP contribution in [-0.2, 0) is 12.8 Å². The minimum atomic E-state index is 0.502. The number of benzene rings is 1. The van der Waals surface area contributed by atoms with E-state index >= 15 is 0 Å². The van der Waals surface area contributed by atoms with Gasteiger partial charge in [-0.25, -0.2) is 9.97 Å². The molecule has 1 aliphatic carbocycles. The predicted octanol–water partition coefficient (Wildman–Crippen LogP) is 2.72. The van der Waals surface area contributed by atoms with Crippen LogP contribution in [0.4, 0.5) is 11.5 Å². The lowest BCUT2D eigenvalue weighted by molar-refractivity contribution is 0.469. The molecule has 0 aliphatic heterocycles. The summed E-state index contributed by atoms with van der Waals surface area (Å²) in [7, 11) is 0. The SMILES string of the molecule is NCCNC1CCc2c(sc3ncnc(Nc4ccc5[nH]ncc5c4)c23)C1. The molecule has 0 radical (unpaired) electrons. The van der Waals surface area contributed by atoms with Gasteiger partial charge in [-0.15, -0.1) is 11.3 Å². The largest absolute Gasteiger partial charge is 0.340 e. The molecule has 0 fully saturated rings. The van der Waals surface area contributed by atoms with Gasteiger partial charge in [-0.3, -0.25) is 5.10 Å². The first kappa shape index (κ1) is 16.6. The fourth-order valence-electron chi connectivity index (χ4n) is 3.82. The van der Waals surface area contributed by atoms with Crippen molar-refractivity contribution in [2.24, 2.45) is 5.73 Å². The Labute approximate surface area is 160 Å². The molecule has 0 bridgehead atoms. The van der Waals surface area contributed by atoms with Crippen LogP contribution in [-0.4, -0.2) is 39.3 Å². The van der Waals surface area contributed by atoms with Gasteiger partial charge in [-0.2, -0.15) is 5.10 Å². The van der Waals surface area contributed by atoms with Gasteiger partial charge in [0.05, 0.1) is 17.1 Å². The van der Waals surface area contributed by atoms with Crippen LogP contribution >= 0.6 is 11.3 Å². The van der Waals surface area contributed by atoms with E-state index in [2.05, 4.69) is 36.9 Å². The van der Waals surface area contributed by atoms with Crippen molar-refractivity contribution < 1.29 is 0 Å². The third-order valence-corrected chi connectivity index (χ3v) is 6.29. The molecule has 5 rings (SSSR count). The van der Waals surface area contributed by atoms with E-state index in [1.165, 1.54) is 15.8 Å². The van der Waals surface area contributed by atoms with Gasteiger partial charge in [0, 0.05) is 35.1 Å². The van der Waals surface area contributed by atoms with Crippen LogP contribution in [0.1, 0.15) is 16.9 Å². The standard InChI is InChI=1S/C19H21N7S/c20-5-6-21-12-1-3-14-16(8-12)27-19-17(14)18(22-10-23-19)25-13-2-4-15-11(7-13)9-24-26-15/h2,4,7,9-10,12,21H,1,3,5-6,8,20H2,(H,24,26)(H,22,23,25). The Morgan fingerprint density at radius 1 is 1.30 bits per heavy atom. The Balaban J connectivity index is 1.49. The Morgan fingerprint density at radius 2 is 2.26 bits per heavy atom. The lowest BCUT2D eigenvalue weighted by atomic mass is 9.93. The van der Waals surface area contributed by atoms with E-state index in [4.69, 9.17) is 5.73 Å². The summed E-state index contributed by atoms with van der Waals surface area (Å²) in [5.41, 5.74) is 9.05. The second-order valence-electron chi connectivity index (χ2n) is 6.89. The van der Waals surface area contributed by atoms with E-state index in [0.29, 0.717) is 12.6 Å². The molecule has 138 valence electrons. The van der Waals surface area contributed by atoms with E-state index < -0.39 is 0 Å². The van der Waals surface area contributed by atoms with Gasteiger partial charge in [-0.05, 0) is 43.0 Å². The van der Waals surface area contributed by atoms with Crippen LogP contribution in [0.3, 0.4) is 0 Å². The highest BCUT2D eigenvalue weighted by molar-refractivity contribution is 7.19. The molecule has 0 saturated carbocycles. The van der Waals surface area contributed by atoms with Crippen LogP contribution in [0.15, 0.2) is 30.7 Å². The number of nitrogens with one attached hydrogen (secondary N) is 3. The van der Waals surface area contributed by atoms with Crippen molar-refractivity contribution in [2.75, 3.05) is 18.4 Å². The zero-order chi connectivity index (χ0) is 18.2. The highest BCUT2D eigenvalue weighted by atomic mass is 32.1. The predicted molar refractivity (Wildman–Crippen MR) is 110 cm³/mol. The Bertz CT molecular complexity index is 1100. The van der Waals surface area contributed by atoms with Crippen molar-refractivity contribution >= 4 is 44.0 Å². The van der Waals surface area contributed by atoms with Crippen molar-refractivity contribution in [1.82, 2.24) is 25.5 Å². The molecule has 0 saturated heterocycles. The van der Waals surface area contributed by atoms with Gasteiger partial charge >= 0.3 is 0 Å². The van der Waals surface area contributed by atoms with Crippen molar-refractivity contribution in [2.45, 2.75) is 25.3 Å². The molecule has 4 aromatic rings. The van der Waals surface area contributed by atoms with Gasteiger partial charge in [0.1, 0.15) is 17.0 Å². The first-order valence-electron chi connectivity index (χ1n) is 9.20. The molecule has 0 amide bonds. The van der Waals surface area contributed by atoms with Crippen molar-refractivity contribution in [3.8, 4) is 0 Å². The first-order valence-corrected chi connectivity index (χ1v) is 10.0. The van der Waals surface area contributed by atoms with Crippen molar-refractivity contribution in [3.05, 3.63) is 41.2 Å². The van der Waals surface area contributed by atoms with Gasteiger partial charge in [0.25, 0.3) is 0 Å². The van der Waals surface area contributed by atoms with Crippen LogP contribution in [0.25, 0.3) is 21.1 Å². The van der Waals surface area contributed by atoms with Gasteiger partial charge < -0.3 is 16.4 Å². The monoisotopic (exact) mass is 379 g/mol. The molecule has 3 aromatic heterocycles. The maximum Gasteiger partial charge on any atom is 0.142 e. The molecule has 5 N–H and O–H groups in total. The van der Waals surface area contributed by atoms with Crippen LogP contribution < -0.4 is 16.4 Å². The highest BCUT2D eigenvalue weighted by Crippen LogP contribution is 2.39. The molecule has 1 aliphatic rings. The summed E-state index contributed by atoms with van der Waals surface area (Å²) in [6, 6.07) is 6.65. The summed E-state index contributed by atoms with van der Waals surface area (Å²) in [4.78, 5) is 11.6. The maximum atomic E-state index is 5.63. The number of aromatic amines is 1. The molecular weight excluding hydrogens is 358 g/mol. The number of fused-ring (bicyclic) bond motifs is 4. The van der Waals surface area contributed by atoms with E-state index in [1.807, 2.05) is 18.3 Å². The summed E-state index contributed by atoms with van der Waals surface area (Å²) in [5, 5.41) is 16.3. The lowest BCUT2D eigenvalue weighted by Crippen LogP contribution is -2.37. The van der Waals surface area contributed by atoms with E-state index in [9.17, 15) is 0 Å². The van der Waals surface area contributed by atoms with Gasteiger partial charge in [-0.1, -0.05) is 0 Å². The number of hydrogen-bond donors (Lipinski definition) is 4. The number of H-pyrrole nitrogens is 1. The topological polar surface area (TPSA) is 105 Å². The van der Waals surface area contributed by atoms with Crippen LogP contribution in [0.5, 0.6) is 0 Å². The van der Waals surface area contributed by atoms with Gasteiger partial charge in [0.2, 0.25) is 0 Å². The Hall–Kier alpha value is -2.55. The second-order valence-corrected chi connectivity index (χ2v) is 7.97. The van der Waals surface area contributed by atoms with Crippen molar-refractivity contribution in [3.63, 3.8) is 0 Å². The summed E-state index contributed by atoms with van der Waals surface area (Å²) < 4.78 is 0. The lowest BCUT2D eigenvalue weighted by Gasteiger charge is -2.23. The highest BCUT2D eigenvalue weighted by Gasteiger charge is 2.24. The molecule has 7 nitrogen and oxygen atoms in total. The van der Waals surface area contributed by atoms with E-state index in [1.54, 1.807) is 17.7 Å². The van der Waals surface area contributed by atoms with Crippen molar-refractivity contribution in [1.29, 1.82) is 0 Å². The normalized spacial score (nSPS) is 16.7. The summed E-state index contributed by atoms with van der Waals surface area (Å²) in [6.45, 7) is 1.55. The zero-order valence-electron chi connectivity index (χ0n) is 14.8. The molecule has 3 heterocycles. The Kier molecular flexibility index (Phi) is 4.23. The molecule has 1 aromatic carbocycles. The minimum absolute atomic E-state index is 0.502. The Morgan fingerprint density at radius 3 is 3.19 bits per heavy atom. The number of nitrogens with two attached hydrogens (primary N) is 1. The fourth-order valence-corrected chi connectivity index (χ4v) is 5.09. The molecule has 0 spiro atoms. The quantitative estimate of drug-likeness (QED) is 0.425. The number of rotatable bonds is 5. The number of aryl methyl sites for hydroxylation is 1. The minimum Gasteiger partial charge on any atom is -0.340 e. The summed E-state index contributed by atoms with van der Waals surface area (Å²) >= 11 is 1.79. The number of aromatic nitrogens is 4. The maximum absolute atomic E-state index is 5.63. The third kappa shape index (κ3) is 3.05.